The highest BCUT2D eigenvalue weighted by Crippen LogP contribution is 2.30. The second-order valence-corrected chi connectivity index (χ2v) is 3.56. The Morgan fingerprint density at radius 3 is 2.00 bits per heavy atom. The summed E-state index contributed by atoms with van der Waals surface area (Å²) < 4.78 is 0. The van der Waals surface area contributed by atoms with Crippen LogP contribution in [0.4, 0.5) is 0 Å². The van der Waals surface area contributed by atoms with Crippen LogP contribution in [0.3, 0.4) is 0 Å². The first-order valence-corrected chi connectivity index (χ1v) is 4.10. The molecule has 0 aliphatic carbocycles. The smallest absolute Gasteiger partial charge is 0.00695 e. The van der Waals surface area contributed by atoms with Gasteiger partial charge in [-0.1, -0.05) is 0 Å². The van der Waals surface area contributed by atoms with Gasteiger partial charge in [0.15, 0.2) is 0 Å². The van der Waals surface area contributed by atoms with Gasteiger partial charge in [-0.2, -0.15) is 0 Å². The van der Waals surface area contributed by atoms with E-state index in [1.165, 1.54) is 32.4 Å². The maximum Gasteiger partial charge on any atom is 0.00695 e. The van der Waals surface area contributed by atoms with E-state index in [4.69, 9.17) is 0 Å². The van der Waals surface area contributed by atoms with E-state index in [2.05, 4.69) is 11.8 Å². The number of rotatable bonds is 0. The first-order valence-electron chi connectivity index (χ1n) is 4.10. The van der Waals surface area contributed by atoms with Crippen molar-refractivity contribution in [2.75, 3.05) is 13.1 Å². The number of halogens is 1. The highest BCUT2D eigenvalue weighted by Gasteiger charge is 2.30. The topological polar surface area (TPSA) is 3.24 Å². The molecule has 3 rings (SSSR count). The first-order chi connectivity index (χ1) is 4.36. The van der Waals surface area contributed by atoms with Gasteiger partial charge in [0, 0.05) is 6.04 Å². The standard InChI is InChI=1S/C8H15N.HI/c1-7-6-8-2-4-9(7)5-3-8;/h7-8H,2-6H2,1H3;1H. The van der Waals surface area contributed by atoms with Crippen molar-refractivity contribution in [3.63, 3.8) is 0 Å². The Kier molecular flexibility index (Phi) is 2.98. The van der Waals surface area contributed by atoms with Gasteiger partial charge in [-0.25, -0.2) is 0 Å². The summed E-state index contributed by atoms with van der Waals surface area (Å²) in [7, 11) is 0. The summed E-state index contributed by atoms with van der Waals surface area (Å²) in [6.07, 6.45) is 4.43. The molecule has 3 aliphatic rings. The van der Waals surface area contributed by atoms with Crippen LogP contribution in [0.25, 0.3) is 0 Å². The molecule has 0 radical (unpaired) electrons. The zero-order chi connectivity index (χ0) is 6.27. The molecule has 0 aromatic rings. The molecule has 1 unspecified atom stereocenters. The fraction of sp³-hybridized carbons (Fsp3) is 1.00. The average Bonchev–Trinajstić information content (AvgIpc) is 1.90. The highest BCUT2D eigenvalue weighted by atomic mass is 127. The quantitative estimate of drug-likeness (QED) is 0.598. The normalized spacial score (nSPS) is 44.7. The lowest BCUT2D eigenvalue weighted by molar-refractivity contribution is 0.0594. The maximum atomic E-state index is 2.62. The Labute approximate surface area is 80.2 Å². The summed E-state index contributed by atoms with van der Waals surface area (Å²) in [5, 5.41) is 0. The third-order valence-electron chi connectivity index (χ3n) is 2.95. The summed E-state index contributed by atoms with van der Waals surface area (Å²) in [6, 6.07) is 0.900. The van der Waals surface area contributed by atoms with E-state index in [9.17, 15) is 0 Å². The Morgan fingerprint density at radius 1 is 1.20 bits per heavy atom. The van der Waals surface area contributed by atoms with Crippen LogP contribution >= 0.6 is 24.0 Å². The van der Waals surface area contributed by atoms with E-state index in [-0.39, 0.29) is 24.0 Å². The molecule has 0 N–H and O–H groups in total. The summed E-state index contributed by atoms with van der Waals surface area (Å²) in [4.78, 5) is 2.62. The van der Waals surface area contributed by atoms with Gasteiger partial charge in [0.05, 0.1) is 0 Å². The van der Waals surface area contributed by atoms with Crippen molar-refractivity contribution in [1.82, 2.24) is 4.90 Å². The predicted octanol–water partition coefficient (Wildman–Crippen LogP) is 2.11. The Balaban J connectivity index is 0.000000500. The fourth-order valence-corrected chi connectivity index (χ4v) is 2.26. The summed E-state index contributed by atoms with van der Waals surface area (Å²) in [6.45, 7) is 5.13. The Morgan fingerprint density at radius 2 is 1.80 bits per heavy atom. The van der Waals surface area contributed by atoms with E-state index >= 15 is 0 Å². The fourth-order valence-electron chi connectivity index (χ4n) is 2.26. The number of nitrogens with zero attached hydrogens (tertiary/aromatic N) is 1. The Hall–Kier alpha value is 0.690. The van der Waals surface area contributed by atoms with E-state index in [1.807, 2.05) is 0 Å². The molecule has 0 aromatic heterocycles. The molecule has 60 valence electrons. The molecule has 2 bridgehead atoms. The molecule has 0 spiro atoms. The summed E-state index contributed by atoms with van der Waals surface area (Å²) in [5.74, 6) is 1.09. The van der Waals surface area contributed by atoms with Crippen LogP contribution in [0.2, 0.25) is 0 Å². The van der Waals surface area contributed by atoms with Crippen molar-refractivity contribution in [3.8, 4) is 0 Å². The number of hydrogen-bond donors (Lipinski definition) is 0. The van der Waals surface area contributed by atoms with Gasteiger partial charge in [-0.3, -0.25) is 0 Å². The zero-order valence-electron chi connectivity index (χ0n) is 6.55. The third kappa shape index (κ3) is 1.47. The van der Waals surface area contributed by atoms with Gasteiger partial charge in [-0.05, 0) is 45.2 Å². The largest absolute Gasteiger partial charge is 0.301 e. The molecule has 3 fully saturated rings. The van der Waals surface area contributed by atoms with Gasteiger partial charge >= 0.3 is 0 Å². The van der Waals surface area contributed by atoms with Crippen LogP contribution in [0, 0.1) is 5.92 Å². The summed E-state index contributed by atoms with van der Waals surface area (Å²) in [5.41, 5.74) is 0. The minimum absolute atomic E-state index is 0. The number of piperidine rings is 3. The molecule has 3 aliphatic heterocycles. The van der Waals surface area contributed by atoms with Crippen LogP contribution in [0.1, 0.15) is 26.2 Å². The van der Waals surface area contributed by atoms with E-state index in [1.54, 1.807) is 0 Å². The van der Waals surface area contributed by atoms with E-state index < -0.39 is 0 Å². The molecular weight excluding hydrogens is 237 g/mol. The van der Waals surface area contributed by atoms with Gasteiger partial charge < -0.3 is 4.90 Å². The van der Waals surface area contributed by atoms with Gasteiger partial charge in [0.25, 0.3) is 0 Å². The van der Waals surface area contributed by atoms with Crippen molar-refractivity contribution >= 4 is 24.0 Å². The van der Waals surface area contributed by atoms with Gasteiger partial charge in [-0.15, -0.1) is 24.0 Å². The molecule has 10 heavy (non-hydrogen) atoms. The van der Waals surface area contributed by atoms with Crippen LogP contribution in [-0.2, 0) is 0 Å². The van der Waals surface area contributed by atoms with Crippen LogP contribution in [0.5, 0.6) is 0 Å². The molecule has 1 nitrogen and oxygen atoms in total. The third-order valence-corrected chi connectivity index (χ3v) is 2.95. The predicted molar refractivity (Wildman–Crippen MR) is 53.8 cm³/mol. The molecule has 3 saturated heterocycles. The molecular formula is C8H16IN. The van der Waals surface area contributed by atoms with Crippen LogP contribution in [-0.4, -0.2) is 24.0 Å². The second-order valence-electron chi connectivity index (χ2n) is 3.56. The lowest BCUT2D eigenvalue weighted by Gasteiger charge is -2.43. The Bertz CT molecular complexity index is 108. The van der Waals surface area contributed by atoms with Crippen molar-refractivity contribution < 1.29 is 0 Å². The maximum absolute atomic E-state index is 2.62. The highest BCUT2D eigenvalue weighted by molar-refractivity contribution is 14.0. The molecule has 3 heterocycles. The van der Waals surface area contributed by atoms with Crippen LogP contribution < -0.4 is 0 Å². The van der Waals surface area contributed by atoms with E-state index in [0.717, 1.165) is 12.0 Å². The van der Waals surface area contributed by atoms with Crippen LogP contribution in [0.15, 0.2) is 0 Å². The lowest BCUT2D eigenvalue weighted by Crippen LogP contribution is -2.46. The molecule has 1 atom stereocenters. The monoisotopic (exact) mass is 253 g/mol. The molecule has 0 aromatic carbocycles. The van der Waals surface area contributed by atoms with Gasteiger partial charge in [0.2, 0.25) is 0 Å². The van der Waals surface area contributed by atoms with Crippen molar-refractivity contribution in [1.29, 1.82) is 0 Å². The lowest BCUT2D eigenvalue weighted by atomic mass is 9.84. The number of fused-ring (bicyclic) bond motifs is 3. The van der Waals surface area contributed by atoms with Gasteiger partial charge in [0.1, 0.15) is 0 Å². The molecule has 0 amide bonds. The summed E-state index contributed by atoms with van der Waals surface area (Å²) >= 11 is 0. The average molecular weight is 253 g/mol. The number of hydrogen-bond acceptors (Lipinski definition) is 1. The molecule has 0 saturated carbocycles. The minimum Gasteiger partial charge on any atom is -0.301 e. The molecule has 2 heteroatoms. The van der Waals surface area contributed by atoms with Crippen molar-refractivity contribution in [3.05, 3.63) is 0 Å². The minimum atomic E-state index is 0. The zero-order valence-corrected chi connectivity index (χ0v) is 8.88. The van der Waals surface area contributed by atoms with E-state index in [0.29, 0.717) is 0 Å². The SMILES string of the molecule is CC1CC2CCN1CC2.I. The van der Waals surface area contributed by atoms with Crippen molar-refractivity contribution in [2.45, 2.75) is 32.2 Å². The second kappa shape index (κ2) is 3.39. The first kappa shape index (κ1) is 8.78. The van der Waals surface area contributed by atoms with Crippen molar-refractivity contribution in [2.24, 2.45) is 5.92 Å².